The second-order valence-electron chi connectivity index (χ2n) is 6.14. The number of nitrogens with zero attached hydrogens (tertiary/aromatic N) is 3. The first-order chi connectivity index (χ1) is 13.0. The molecule has 0 radical (unpaired) electrons. The third-order valence-electron chi connectivity index (χ3n) is 4.03. The van der Waals surface area contributed by atoms with E-state index >= 15 is 0 Å². The molecule has 7 nitrogen and oxygen atoms in total. The Labute approximate surface area is 157 Å². The number of rotatable bonds is 7. The van der Waals surface area contributed by atoms with Gasteiger partial charge in [-0.3, -0.25) is 9.59 Å². The molecule has 1 N–H and O–H groups in total. The van der Waals surface area contributed by atoms with Crippen molar-refractivity contribution in [2.24, 2.45) is 0 Å². The maximum absolute atomic E-state index is 12.8. The van der Waals surface area contributed by atoms with E-state index in [0.29, 0.717) is 23.9 Å². The lowest BCUT2D eigenvalue weighted by molar-refractivity contribution is -0.114. The molecule has 0 aliphatic heterocycles. The molecule has 3 rings (SSSR count). The molecule has 0 saturated heterocycles. The van der Waals surface area contributed by atoms with Crippen LogP contribution in [0.15, 0.2) is 36.7 Å². The van der Waals surface area contributed by atoms with Crippen LogP contribution in [0.2, 0.25) is 0 Å². The Bertz CT molecular complexity index is 994. The maximum atomic E-state index is 12.8. The molecule has 0 fully saturated rings. The van der Waals surface area contributed by atoms with Crippen molar-refractivity contribution < 1.29 is 14.3 Å². The fourth-order valence-electron chi connectivity index (χ4n) is 2.81. The van der Waals surface area contributed by atoms with Gasteiger partial charge in [0.05, 0.1) is 12.3 Å². The fourth-order valence-corrected chi connectivity index (χ4v) is 2.81. The zero-order valence-electron chi connectivity index (χ0n) is 15.7. The quantitative estimate of drug-likeness (QED) is 0.650. The molecule has 0 aliphatic rings. The lowest BCUT2D eigenvalue weighted by atomic mass is 10.1. The SMILES string of the molecule is CCOc1cc2nc(CC)cn2cc1CC(=O)c1cccc(NC(C)=O)n1. The van der Waals surface area contributed by atoms with Crippen LogP contribution in [0.25, 0.3) is 5.65 Å². The van der Waals surface area contributed by atoms with Gasteiger partial charge in [-0.05, 0) is 25.5 Å². The zero-order valence-corrected chi connectivity index (χ0v) is 15.7. The summed E-state index contributed by atoms with van der Waals surface area (Å²) in [5.41, 5.74) is 2.83. The molecular formula is C20H22N4O3. The molecule has 0 bridgehead atoms. The summed E-state index contributed by atoms with van der Waals surface area (Å²) in [4.78, 5) is 32.7. The first kappa shape index (κ1) is 18.6. The summed E-state index contributed by atoms with van der Waals surface area (Å²) in [6.07, 6.45) is 4.80. The van der Waals surface area contributed by atoms with Gasteiger partial charge in [0.25, 0.3) is 0 Å². The molecule has 0 saturated carbocycles. The van der Waals surface area contributed by atoms with E-state index in [1.165, 1.54) is 6.92 Å². The number of nitrogens with one attached hydrogen (secondary N) is 1. The van der Waals surface area contributed by atoms with Crippen molar-refractivity contribution >= 4 is 23.2 Å². The van der Waals surface area contributed by atoms with Gasteiger partial charge in [-0.15, -0.1) is 0 Å². The number of carbonyl (C=O) groups excluding carboxylic acids is 2. The normalized spacial score (nSPS) is 10.8. The number of aryl methyl sites for hydroxylation is 1. The number of Topliss-reactive ketones (excluding diaryl/α,β-unsaturated/α-hetero) is 1. The van der Waals surface area contributed by atoms with Gasteiger partial charge in [0, 0.05) is 37.4 Å². The molecule has 3 aromatic rings. The van der Waals surface area contributed by atoms with E-state index in [-0.39, 0.29) is 18.1 Å². The van der Waals surface area contributed by atoms with Gasteiger partial charge in [0.1, 0.15) is 22.9 Å². The van der Waals surface area contributed by atoms with Gasteiger partial charge in [0.2, 0.25) is 5.91 Å². The van der Waals surface area contributed by atoms with Crippen LogP contribution in [0.1, 0.15) is 42.5 Å². The summed E-state index contributed by atoms with van der Waals surface area (Å²) in [7, 11) is 0. The predicted molar refractivity (Wildman–Crippen MR) is 102 cm³/mol. The number of pyridine rings is 2. The van der Waals surface area contributed by atoms with Gasteiger partial charge in [-0.1, -0.05) is 13.0 Å². The van der Waals surface area contributed by atoms with Gasteiger partial charge in [-0.25, -0.2) is 9.97 Å². The standard InChI is InChI=1S/C20H22N4O3/c1-4-15-12-24-11-14(18(27-5-2)10-20(24)22-15)9-17(26)16-7-6-8-19(23-16)21-13(3)25/h6-8,10-12H,4-5,9H2,1-3H3,(H,21,23,25). The highest BCUT2D eigenvalue weighted by molar-refractivity contribution is 5.97. The predicted octanol–water partition coefficient (Wildman–Crippen LogP) is 3.07. The van der Waals surface area contributed by atoms with Crippen molar-refractivity contribution in [3.8, 4) is 5.75 Å². The topological polar surface area (TPSA) is 85.6 Å². The lowest BCUT2D eigenvalue weighted by Gasteiger charge is -2.11. The average Bonchev–Trinajstić information content (AvgIpc) is 3.03. The van der Waals surface area contributed by atoms with Crippen molar-refractivity contribution in [1.82, 2.24) is 14.4 Å². The lowest BCUT2D eigenvalue weighted by Crippen LogP contribution is -2.12. The van der Waals surface area contributed by atoms with Crippen LogP contribution in [0.5, 0.6) is 5.75 Å². The zero-order chi connectivity index (χ0) is 19.4. The third-order valence-corrected chi connectivity index (χ3v) is 4.03. The van der Waals surface area contributed by atoms with Crippen LogP contribution in [-0.2, 0) is 17.6 Å². The van der Waals surface area contributed by atoms with Gasteiger partial charge in [-0.2, -0.15) is 0 Å². The number of aromatic nitrogens is 3. The van der Waals surface area contributed by atoms with E-state index in [1.54, 1.807) is 18.2 Å². The Balaban J connectivity index is 1.91. The number of ether oxygens (including phenoxy) is 1. The van der Waals surface area contributed by atoms with Crippen LogP contribution in [0.3, 0.4) is 0 Å². The van der Waals surface area contributed by atoms with Crippen molar-refractivity contribution in [1.29, 1.82) is 0 Å². The van der Waals surface area contributed by atoms with Crippen LogP contribution in [0.4, 0.5) is 5.82 Å². The Morgan fingerprint density at radius 2 is 2.00 bits per heavy atom. The van der Waals surface area contributed by atoms with Crippen LogP contribution in [-0.4, -0.2) is 32.7 Å². The molecule has 3 aromatic heterocycles. The van der Waals surface area contributed by atoms with Crippen molar-refractivity contribution in [2.75, 3.05) is 11.9 Å². The molecule has 0 atom stereocenters. The second-order valence-corrected chi connectivity index (χ2v) is 6.14. The Morgan fingerprint density at radius 1 is 1.19 bits per heavy atom. The number of carbonyl (C=O) groups is 2. The molecule has 0 unspecified atom stereocenters. The number of amides is 1. The van der Waals surface area contributed by atoms with Crippen molar-refractivity contribution in [2.45, 2.75) is 33.6 Å². The van der Waals surface area contributed by atoms with Crippen molar-refractivity contribution in [3.63, 3.8) is 0 Å². The summed E-state index contributed by atoms with van der Waals surface area (Å²) in [5.74, 6) is 0.613. The summed E-state index contributed by atoms with van der Waals surface area (Å²) in [6, 6.07) is 6.83. The minimum atomic E-state index is -0.233. The maximum Gasteiger partial charge on any atom is 0.222 e. The first-order valence-electron chi connectivity index (χ1n) is 8.91. The van der Waals surface area contributed by atoms with Gasteiger partial charge < -0.3 is 14.5 Å². The summed E-state index contributed by atoms with van der Waals surface area (Å²) in [6.45, 7) is 5.84. The number of ketones is 1. The van der Waals surface area contributed by atoms with E-state index in [2.05, 4.69) is 15.3 Å². The number of imidazole rings is 1. The van der Waals surface area contributed by atoms with E-state index in [4.69, 9.17) is 4.74 Å². The molecule has 27 heavy (non-hydrogen) atoms. The monoisotopic (exact) mass is 366 g/mol. The minimum absolute atomic E-state index is 0.140. The summed E-state index contributed by atoms with van der Waals surface area (Å²) < 4.78 is 7.63. The first-order valence-corrected chi connectivity index (χ1v) is 8.91. The Morgan fingerprint density at radius 3 is 2.70 bits per heavy atom. The minimum Gasteiger partial charge on any atom is -0.493 e. The number of anilines is 1. The summed E-state index contributed by atoms with van der Waals surface area (Å²) in [5, 5.41) is 2.59. The Kier molecular flexibility index (Phi) is 5.49. The van der Waals surface area contributed by atoms with Gasteiger partial charge in [0.15, 0.2) is 5.78 Å². The van der Waals surface area contributed by atoms with E-state index in [9.17, 15) is 9.59 Å². The van der Waals surface area contributed by atoms with Crippen LogP contribution in [0, 0.1) is 0 Å². The molecule has 0 aliphatic carbocycles. The molecular weight excluding hydrogens is 344 g/mol. The molecule has 0 aromatic carbocycles. The number of fused-ring (bicyclic) bond motifs is 1. The molecule has 140 valence electrons. The van der Waals surface area contributed by atoms with E-state index < -0.39 is 0 Å². The molecule has 7 heteroatoms. The molecule has 1 amide bonds. The highest BCUT2D eigenvalue weighted by atomic mass is 16.5. The number of hydrogen-bond acceptors (Lipinski definition) is 5. The number of hydrogen-bond donors (Lipinski definition) is 1. The van der Waals surface area contributed by atoms with Gasteiger partial charge >= 0.3 is 0 Å². The van der Waals surface area contributed by atoms with E-state index in [0.717, 1.165) is 23.3 Å². The molecule has 3 heterocycles. The average molecular weight is 366 g/mol. The second kappa shape index (κ2) is 7.99. The third kappa shape index (κ3) is 4.31. The highest BCUT2D eigenvalue weighted by Crippen LogP contribution is 2.23. The Hall–Kier alpha value is -3.22. The van der Waals surface area contributed by atoms with Crippen molar-refractivity contribution in [3.05, 3.63) is 53.6 Å². The largest absolute Gasteiger partial charge is 0.493 e. The smallest absolute Gasteiger partial charge is 0.222 e. The highest BCUT2D eigenvalue weighted by Gasteiger charge is 2.15. The molecule has 0 spiro atoms. The fraction of sp³-hybridized carbons (Fsp3) is 0.300. The van der Waals surface area contributed by atoms with Crippen LogP contribution < -0.4 is 10.1 Å². The van der Waals surface area contributed by atoms with E-state index in [1.807, 2.05) is 36.7 Å². The summed E-state index contributed by atoms with van der Waals surface area (Å²) >= 11 is 0. The van der Waals surface area contributed by atoms with Crippen LogP contribution >= 0.6 is 0 Å².